The minimum Gasteiger partial charge on any atom is -0.376 e. The van der Waals surface area contributed by atoms with Crippen LogP contribution in [-0.4, -0.2) is 23.1 Å². The zero-order valence-corrected chi connectivity index (χ0v) is 8.75. The number of nitrogens with one attached hydrogen (secondary N) is 1. The highest BCUT2D eigenvalue weighted by atomic mass is 16.5. The molecule has 0 saturated heterocycles. The molecule has 5 nitrogen and oxygen atoms in total. The molecule has 0 aromatic carbocycles. The summed E-state index contributed by atoms with van der Waals surface area (Å²) >= 11 is 0. The topological polar surface area (TPSA) is 81.0 Å². The van der Waals surface area contributed by atoms with Gasteiger partial charge in [-0.15, -0.1) is 0 Å². The van der Waals surface area contributed by atoms with Gasteiger partial charge in [0.05, 0.1) is 18.9 Å². The number of fused-ring (bicyclic) bond motifs is 1. The highest BCUT2D eigenvalue weighted by Crippen LogP contribution is 2.21. The maximum Gasteiger partial charge on any atom is 0.345 e. The Morgan fingerprint density at radius 3 is 3.20 bits per heavy atom. The predicted octanol–water partition coefficient (Wildman–Crippen LogP) is -0.0952. The molecule has 2 heterocycles. The molecule has 1 aliphatic rings. The van der Waals surface area contributed by atoms with E-state index < -0.39 is 0 Å². The van der Waals surface area contributed by atoms with E-state index >= 15 is 0 Å². The van der Waals surface area contributed by atoms with E-state index in [1.165, 1.54) is 0 Å². The van der Waals surface area contributed by atoms with Gasteiger partial charge in [0, 0.05) is 30.1 Å². The van der Waals surface area contributed by atoms with Crippen LogP contribution in [0.3, 0.4) is 0 Å². The lowest BCUT2D eigenvalue weighted by Gasteiger charge is -2.20. The van der Waals surface area contributed by atoms with Crippen LogP contribution in [0, 0.1) is 0 Å². The van der Waals surface area contributed by atoms with Crippen molar-refractivity contribution in [2.75, 3.05) is 13.2 Å². The molecule has 3 N–H and O–H groups in total. The van der Waals surface area contributed by atoms with Crippen molar-refractivity contribution in [2.24, 2.45) is 5.73 Å². The summed E-state index contributed by atoms with van der Waals surface area (Å²) in [5.41, 5.74) is 8.06. The minimum absolute atomic E-state index is 0.0998. The molecule has 1 atom stereocenters. The van der Waals surface area contributed by atoms with Crippen LogP contribution in [-0.2, 0) is 17.8 Å². The molecule has 15 heavy (non-hydrogen) atoms. The van der Waals surface area contributed by atoms with Crippen molar-refractivity contribution in [3.63, 3.8) is 0 Å². The van der Waals surface area contributed by atoms with Gasteiger partial charge in [-0.2, -0.15) is 4.98 Å². The molecule has 0 spiro atoms. The molecule has 0 radical (unpaired) electrons. The standard InChI is InChI=1S/C10H15N3O2/c1-6(4-11)9-7-5-15-3-2-8(7)12-10(14)13-9/h6H,2-5,11H2,1H3,(H,12,13,14). The number of hydrogen-bond acceptors (Lipinski definition) is 4. The summed E-state index contributed by atoms with van der Waals surface area (Å²) < 4.78 is 5.37. The average Bonchev–Trinajstić information content (AvgIpc) is 2.26. The largest absolute Gasteiger partial charge is 0.376 e. The molecule has 1 aliphatic heterocycles. The summed E-state index contributed by atoms with van der Waals surface area (Å²) in [5, 5.41) is 0. The maximum atomic E-state index is 11.3. The lowest BCUT2D eigenvalue weighted by atomic mass is 9.99. The van der Waals surface area contributed by atoms with Gasteiger partial charge in [0.25, 0.3) is 0 Å². The van der Waals surface area contributed by atoms with Crippen LogP contribution in [0.15, 0.2) is 4.79 Å². The molecular weight excluding hydrogens is 194 g/mol. The Balaban J connectivity index is 2.52. The minimum atomic E-state index is -0.286. The number of aromatic amines is 1. The second-order valence-electron chi connectivity index (χ2n) is 3.82. The van der Waals surface area contributed by atoms with Crippen LogP contribution in [0.25, 0.3) is 0 Å². The van der Waals surface area contributed by atoms with Crippen molar-refractivity contribution in [1.82, 2.24) is 9.97 Å². The summed E-state index contributed by atoms with van der Waals surface area (Å²) in [4.78, 5) is 18.1. The van der Waals surface area contributed by atoms with E-state index in [2.05, 4.69) is 9.97 Å². The number of rotatable bonds is 2. The lowest BCUT2D eigenvalue weighted by Crippen LogP contribution is -2.26. The first kappa shape index (κ1) is 10.3. The molecule has 0 bridgehead atoms. The van der Waals surface area contributed by atoms with Gasteiger partial charge in [-0.1, -0.05) is 6.92 Å². The second-order valence-corrected chi connectivity index (χ2v) is 3.82. The van der Waals surface area contributed by atoms with Gasteiger partial charge >= 0.3 is 5.69 Å². The number of nitrogens with zero attached hydrogens (tertiary/aromatic N) is 1. The van der Waals surface area contributed by atoms with Gasteiger partial charge in [0.1, 0.15) is 0 Å². The summed E-state index contributed by atoms with van der Waals surface area (Å²) in [6, 6.07) is 0. The zero-order valence-electron chi connectivity index (χ0n) is 8.75. The molecule has 0 fully saturated rings. The van der Waals surface area contributed by atoms with Crippen LogP contribution in [0.5, 0.6) is 0 Å². The average molecular weight is 209 g/mol. The van der Waals surface area contributed by atoms with E-state index in [1.54, 1.807) is 0 Å². The predicted molar refractivity (Wildman–Crippen MR) is 55.7 cm³/mol. The van der Waals surface area contributed by atoms with Crippen molar-refractivity contribution in [3.05, 3.63) is 27.4 Å². The van der Waals surface area contributed by atoms with Gasteiger partial charge in [-0.25, -0.2) is 4.79 Å². The smallest absolute Gasteiger partial charge is 0.345 e. The van der Waals surface area contributed by atoms with Crippen LogP contribution in [0.4, 0.5) is 0 Å². The fourth-order valence-electron chi connectivity index (χ4n) is 1.81. The zero-order chi connectivity index (χ0) is 10.8. The third-order valence-electron chi connectivity index (χ3n) is 2.72. The Morgan fingerprint density at radius 1 is 1.67 bits per heavy atom. The number of H-pyrrole nitrogens is 1. The molecule has 0 amide bonds. The van der Waals surface area contributed by atoms with Gasteiger partial charge in [-0.3, -0.25) is 0 Å². The second kappa shape index (κ2) is 4.12. The maximum absolute atomic E-state index is 11.3. The molecule has 1 aromatic rings. The van der Waals surface area contributed by atoms with Crippen molar-refractivity contribution in [2.45, 2.75) is 25.9 Å². The first-order chi connectivity index (χ1) is 7.22. The fraction of sp³-hybridized carbons (Fsp3) is 0.600. The number of ether oxygens (including phenoxy) is 1. The SMILES string of the molecule is CC(CN)c1nc(=O)[nH]c2c1COCC2. The molecule has 1 aromatic heterocycles. The fourth-order valence-corrected chi connectivity index (χ4v) is 1.81. The number of hydrogen-bond donors (Lipinski definition) is 2. The molecule has 1 unspecified atom stereocenters. The Labute approximate surface area is 87.7 Å². The van der Waals surface area contributed by atoms with E-state index in [-0.39, 0.29) is 11.6 Å². The van der Waals surface area contributed by atoms with E-state index in [1.807, 2.05) is 6.92 Å². The van der Waals surface area contributed by atoms with E-state index in [0.717, 1.165) is 23.4 Å². The highest BCUT2D eigenvalue weighted by molar-refractivity contribution is 5.28. The van der Waals surface area contributed by atoms with E-state index in [0.29, 0.717) is 19.8 Å². The summed E-state index contributed by atoms with van der Waals surface area (Å²) in [6.07, 6.45) is 0.747. The number of aromatic nitrogens is 2. The first-order valence-corrected chi connectivity index (χ1v) is 5.12. The van der Waals surface area contributed by atoms with Crippen LogP contribution in [0.1, 0.15) is 29.8 Å². The van der Waals surface area contributed by atoms with E-state index in [4.69, 9.17) is 10.5 Å². The third-order valence-corrected chi connectivity index (χ3v) is 2.72. The summed E-state index contributed by atoms with van der Waals surface area (Å²) in [6.45, 7) is 3.64. The molecular formula is C10H15N3O2. The molecule has 0 saturated carbocycles. The monoisotopic (exact) mass is 209 g/mol. The Bertz CT molecular complexity index is 414. The van der Waals surface area contributed by atoms with Gasteiger partial charge < -0.3 is 15.5 Å². The third kappa shape index (κ3) is 1.93. The van der Waals surface area contributed by atoms with Crippen LogP contribution < -0.4 is 11.4 Å². The van der Waals surface area contributed by atoms with Crippen molar-refractivity contribution in [3.8, 4) is 0 Å². The molecule has 2 rings (SSSR count). The van der Waals surface area contributed by atoms with Gasteiger partial charge in [0.15, 0.2) is 0 Å². The van der Waals surface area contributed by atoms with Gasteiger partial charge in [0.2, 0.25) is 0 Å². The van der Waals surface area contributed by atoms with Crippen molar-refractivity contribution >= 4 is 0 Å². The quantitative estimate of drug-likeness (QED) is 0.713. The summed E-state index contributed by atoms with van der Waals surface area (Å²) in [7, 11) is 0. The number of nitrogens with two attached hydrogens (primary N) is 1. The first-order valence-electron chi connectivity index (χ1n) is 5.12. The molecule has 82 valence electrons. The Morgan fingerprint density at radius 2 is 2.47 bits per heavy atom. The Hall–Kier alpha value is -1.20. The van der Waals surface area contributed by atoms with Crippen molar-refractivity contribution < 1.29 is 4.74 Å². The highest BCUT2D eigenvalue weighted by Gasteiger charge is 2.19. The van der Waals surface area contributed by atoms with Gasteiger partial charge in [-0.05, 0) is 0 Å². The molecule has 0 aliphatic carbocycles. The van der Waals surface area contributed by atoms with E-state index in [9.17, 15) is 4.79 Å². The lowest BCUT2D eigenvalue weighted by molar-refractivity contribution is 0.107. The van der Waals surface area contributed by atoms with Crippen molar-refractivity contribution in [1.29, 1.82) is 0 Å². The van der Waals surface area contributed by atoms with Crippen LogP contribution >= 0.6 is 0 Å². The normalized spacial score (nSPS) is 17.2. The summed E-state index contributed by atoms with van der Waals surface area (Å²) in [5.74, 6) is 0.0998. The Kier molecular flexibility index (Phi) is 2.83. The van der Waals surface area contributed by atoms with Crippen LogP contribution in [0.2, 0.25) is 0 Å². The molecule has 5 heteroatoms.